The van der Waals surface area contributed by atoms with E-state index in [1.807, 2.05) is 0 Å². The van der Waals surface area contributed by atoms with Crippen LogP contribution < -0.4 is 15.4 Å². The van der Waals surface area contributed by atoms with Crippen molar-refractivity contribution in [2.45, 2.75) is 115 Å². The molecule has 0 aliphatic heterocycles. The van der Waals surface area contributed by atoms with Gasteiger partial charge in [-0.05, 0) is 75.2 Å². The fourth-order valence-electron chi connectivity index (χ4n) is 5.29. The molecule has 0 heterocycles. The standard InChI is InChI=1S/C37H52N2O11/c1-5-6-7-8-9-10-19-48-26-15-13-25(14-16-26)38-34(45)27(23-49-36(2,3)4)39-35(46)37(47)21-30(42)33(44)31(22-37)50-32(43)18-12-24-11-17-28(40)29(41)20-24/h11-18,20,27,30-31,33,40-42,44,47H,5-10,19,21-23H2,1-4H3,(H,38,45)(H,39,46)/b18-12+/t27?,30-,31-,33-,37+/m1/s1. The van der Waals surface area contributed by atoms with Crippen molar-refractivity contribution in [2.24, 2.45) is 0 Å². The number of amides is 2. The van der Waals surface area contributed by atoms with Gasteiger partial charge in [-0.1, -0.05) is 45.1 Å². The molecule has 0 radical (unpaired) electrons. The van der Waals surface area contributed by atoms with Crippen LogP contribution in [0, 0.1) is 0 Å². The lowest BCUT2D eigenvalue weighted by atomic mass is 9.78. The van der Waals surface area contributed by atoms with E-state index in [-0.39, 0.29) is 12.4 Å². The number of anilines is 1. The van der Waals surface area contributed by atoms with Crippen molar-refractivity contribution in [3.05, 3.63) is 54.1 Å². The van der Waals surface area contributed by atoms with Crippen molar-refractivity contribution in [1.82, 2.24) is 5.32 Å². The summed E-state index contributed by atoms with van der Waals surface area (Å²) >= 11 is 0. The molecule has 50 heavy (non-hydrogen) atoms. The van der Waals surface area contributed by atoms with Crippen molar-refractivity contribution in [1.29, 1.82) is 0 Å². The molecule has 1 aliphatic carbocycles. The van der Waals surface area contributed by atoms with Crippen LogP contribution in [-0.2, 0) is 23.9 Å². The highest BCUT2D eigenvalue weighted by Gasteiger charge is 2.50. The van der Waals surface area contributed by atoms with E-state index < -0.39 is 71.9 Å². The maximum absolute atomic E-state index is 13.5. The summed E-state index contributed by atoms with van der Waals surface area (Å²) in [6, 6.07) is 9.39. The topological polar surface area (TPSA) is 204 Å². The second-order valence-electron chi connectivity index (χ2n) is 13.6. The van der Waals surface area contributed by atoms with E-state index >= 15 is 0 Å². The first-order chi connectivity index (χ1) is 23.6. The Bertz CT molecular complexity index is 1440. The fourth-order valence-corrected chi connectivity index (χ4v) is 5.29. The Morgan fingerprint density at radius 1 is 0.960 bits per heavy atom. The Morgan fingerprint density at radius 2 is 1.64 bits per heavy atom. The number of aromatic hydroxyl groups is 2. The zero-order chi connectivity index (χ0) is 36.9. The molecule has 1 unspecified atom stereocenters. The summed E-state index contributed by atoms with van der Waals surface area (Å²) in [5, 5.41) is 56.8. The van der Waals surface area contributed by atoms with Crippen molar-refractivity contribution < 1.29 is 54.1 Å². The third-order valence-corrected chi connectivity index (χ3v) is 8.16. The van der Waals surface area contributed by atoms with Crippen LogP contribution in [0.4, 0.5) is 5.69 Å². The van der Waals surface area contributed by atoms with Crippen LogP contribution in [0.5, 0.6) is 17.2 Å². The van der Waals surface area contributed by atoms with Gasteiger partial charge in [-0.3, -0.25) is 9.59 Å². The predicted molar refractivity (Wildman–Crippen MR) is 186 cm³/mol. The summed E-state index contributed by atoms with van der Waals surface area (Å²) in [4.78, 5) is 39.4. The minimum atomic E-state index is -2.33. The summed E-state index contributed by atoms with van der Waals surface area (Å²) in [6.45, 7) is 7.85. The molecule has 13 nitrogen and oxygen atoms in total. The first-order valence-electron chi connectivity index (χ1n) is 17.1. The number of carbonyl (C=O) groups excluding carboxylic acids is 3. The van der Waals surface area contributed by atoms with E-state index in [1.54, 1.807) is 45.0 Å². The van der Waals surface area contributed by atoms with Gasteiger partial charge in [0, 0.05) is 24.6 Å². The van der Waals surface area contributed by atoms with E-state index in [2.05, 4.69) is 17.6 Å². The van der Waals surface area contributed by atoms with Crippen LogP contribution in [0.2, 0.25) is 0 Å². The average Bonchev–Trinajstić information content (AvgIpc) is 3.05. The molecule has 1 fully saturated rings. The molecule has 0 spiro atoms. The van der Waals surface area contributed by atoms with Crippen LogP contribution in [0.1, 0.15) is 84.6 Å². The van der Waals surface area contributed by atoms with E-state index in [1.165, 1.54) is 50.0 Å². The second kappa shape index (κ2) is 18.7. The lowest BCUT2D eigenvalue weighted by Crippen LogP contribution is -2.62. The van der Waals surface area contributed by atoms with Crippen LogP contribution in [0.3, 0.4) is 0 Å². The lowest BCUT2D eigenvalue weighted by molar-refractivity contribution is -0.187. The number of esters is 1. The Morgan fingerprint density at radius 3 is 2.30 bits per heavy atom. The average molecular weight is 701 g/mol. The predicted octanol–water partition coefficient (Wildman–Crippen LogP) is 3.95. The Kier molecular flexibility index (Phi) is 15.1. The van der Waals surface area contributed by atoms with Crippen molar-refractivity contribution >= 4 is 29.5 Å². The van der Waals surface area contributed by atoms with Gasteiger partial charge in [0.15, 0.2) is 11.5 Å². The molecular formula is C37H52N2O11. The van der Waals surface area contributed by atoms with E-state index in [0.717, 1.165) is 18.9 Å². The maximum Gasteiger partial charge on any atom is 0.331 e. The number of benzene rings is 2. The molecule has 13 heteroatoms. The first-order valence-corrected chi connectivity index (χ1v) is 17.1. The molecule has 0 saturated heterocycles. The summed E-state index contributed by atoms with van der Waals surface area (Å²) in [7, 11) is 0. The van der Waals surface area contributed by atoms with Crippen molar-refractivity contribution in [3.63, 3.8) is 0 Å². The smallest absolute Gasteiger partial charge is 0.331 e. The van der Waals surface area contributed by atoms with E-state index in [0.29, 0.717) is 23.6 Å². The van der Waals surface area contributed by atoms with Gasteiger partial charge in [-0.2, -0.15) is 0 Å². The van der Waals surface area contributed by atoms with Gasteiger partial charge in [-0.25, -0.2) is 4.79 Å². The second-order valence-corrected chi connectivity index (χ2v) is 13.6. The molecule has 276 valence electrons. The molecule has 2 aromatic rings. The lowest BCUT2D eigenvalue weighted by Gasteiger charge is -2.41. The highest BCUT2D eigenvalue weighted by Crippen LogP contribution is 2.32. The van der Waals surface area contributed by atoms with Gasteiger partial charge in [0.2, 0.25) is 5.91 Å². The number of carbonyl (C=O) groups is 3. The third kappa shape index (κ3) is 12.9. The van der Waals surface area contributed by atoms with Crippen molar-refractivity contribution in [3.8, 4) is 17.2 Å². The summed E-state index contributed by atoms with van der Waals surface area (Å²) in [5.74, 6) is -2.71. The molecule has 0 bridgehead atoms. The monoisotopic (exact) mass is 700 g/mol. The van der Waals surface area contributed by atoms with Gasteiger partial charge in [0.05, 0.1) is 24.9 Å². The molecule has 3 rings (SSSR count). The zero-order valence-corrected chi connectivity index (χ0v) is 29.3. The van der Waals surface area contributed by atoms with Gasteiger partial charge in [0.1, 0.15) is 29.6 Å². The van der Waals surface area contributed by atoms with Gasteiger partial charge >= 0.3 is 5.97 Å². The minimum Gasteiger partial charge on any atom is -0.504 e. The summed E-state index contributed by atoms with van der Waals surface area (Å²) < 4.78 is 16.9. The number of phenolic OH excluding ortho intramolecular Hbond substituents is 2. The fraction of sp³-hybridized carbons (Fsp3) is 0.541. The Balaban J connectivity index is 1.63. The van der Waals surface area contributed by atoms with E-state index in [4.69, 9.17) is 14.2 Å². The highest BCUT2D eigenvalue weighted by molar-refractivity contribution is 5.98. The molecule has 7 N–H and O–H groups in total. The molecule has 1 aliphatic rings. The number of hydrogen-bond donors (Lipinski definition) is 7. The van der Waals surface area contributed by atoms with Gasteiger partial charge in [-0.15, -0.1) is 0 Å². The number of nitrogens with one attached hydrogen (secondary N) is 2. The third-order valence-electron chi connectivity index (χ3n) is 8.16. The number of aliphatic hydroxyl groups is 3. The number of ether oxygens (including phenoxy) is 3. The van der Waals surface area contributed by atoms with Crippen LogP contribution in [-0.4, -0.2) is 92.1 Å². The number of phenols is 2. The summed E-state index contributed by atoms with van der Waals surface area (Å²) in [6.07, 6.45) is 3.25. The first kappa shape index (κ1) is 40.3. The molecular weight excluding hydrogens is 648 g/mol. The van der Waals surface area contributed by atoms with E-state index in [9.17, 15) is 39.9 Å². The van der Waals surface area contributed by atoms with Crippen molar-refractivity contribution in [2.75, 3.05) is 18.5 Å². The molecule has 0 aromatic heterocycles. The highest BCUT2D eigenvalue weighted by atomic mass is 16.6. The summed E-state index contributed by atoms with van der Waals surface area (Å²) in [5.41, 5.74) is -2.21. The molecule has 2 aromatic carbocycles. The number of unbranched alkanes of at least 4 members (excludes halogenated alkanes) is 5. The molecule has 5 atom stereocenters. The number of hydrogen-bond acceptors (Lipinski definition) is 11. The number of rotatable bonds is 17. The van der Waals surface area contributed by atoms with Crippen LogP contribution in [0.25, 0.3) is 6.08 Å². The van der Waals surface area contributed by atoms with Gasteiger partial charge < -0.3 is 50.4 Å². The molecule has 2 amide bonds. The normalized spacial score (nSPS) is 21.4. The zero-order valence-electron chi connectivity index (χ0n) is 29.3. The van der Waals surface area contributed by atoms with Gasteiger partial charge in [0.25, 0.3) is 5.91 Å². The quantitative estimate of drug-likeness (QED) is 0.0545. The Hall–Kier alpha value is -4.17. The largest absolute Gasteiger partial charge is 0.504 e. The minimum absolute atomic E-state index is 0.252. The Labute approximate surface area is 293 Å². The van der Waals surface area contributed by atoms with Crippen LogP contribution in [0.15, 0.2) is 48.5 Å². The maximum atomic E-state index is 13.5. The number of aliphatic hydroxyl groups excluding tert-OH is 2. The van der Waals surface area contributed by atoms with Crippen LogP contribution >= 0.6 is 0 Å². The molecule has 1 saturated carbocycles. The SMILES string of the molecule is CCCCCCCCOc1ccc(NC(=O)C(COC(C)(C)C)NC(=O)[C@]2(O)C[C@@H](O)[C@@H](O)[C@H](OC(=O)/C=C/c3ccc(O)c(O)c3)C2)cc1.